The van der Waals surface area contributed by atoms with Crippen molar-refractivity contribution in [1.29, 1.82) is 0 Å². The van der Waals surface area contributed by atoms with Crippen molar-refractivity contribution in [1.82, 2.24) is 0 Å². The van der Waals surface area contributed by atoms with Crippen LogP contribution in [-0.2, 0) is 0 Å². The van der Waals surface area contributed by atoms with Crippen LogP contribution >= 0.6 is 7.02 Å². The van der Waals surface area contributed by atoms with E-state index >= 15 is 0 Å². The quantitative estimate of drug-likeness (QED) is 0.329. The molecule has 1 saturated heterocycles. The van der Waals surface area contributed by atoms with Gasteiger partial charge in [-0.3, -0.25) is 0 Å². The van der Waals surface area contributed by atoms with E-state index in [-0.39, 0.29) is 0 Å². The second kappa shape index (κ2) is 2.57. The minimum Gasteiger partial charge on any atom is -0.148 e. The summed E-state index contributed by atoms with van der Waals surface area (Å²) in [6, 6.07) is 0. The summed E-state index contributed by atoms with van der Waals surface area (Å²) in [6.07, 6.45) is 0. The Bertz CT molecular complexity index is 40.8. The van der Waals surface area contributed by atoms with Crippen molar-refractivity contribution >= 4 is 41.5 Å². The first kappa shape index (κ1) is 5.43. The maximum atomic E-state index is 2.44. The molecule has 0 N–H and O–H groups in total. The van der Waals surface area contributed by atoms with Gasteiger partial charge in [0.1, 0.15) is 0 Å². The number of rotatable bonds is 0. The van der Waals surface area contributed by atoms with Crippen molar-refractivity contribution in [2.45, 2.75) is 0 Å². The highest BCUT2D eigenvalue weighted by Crippen LogP contribution is 2.26. The summed E-state index contributed by atoms with van der Waals surface area (Å²) < 4.78 is 0. The third kappa shape index (κ3) is 1.42. The van der Waals surface area contributed by atoms with Gasteiger partial charge in [-0.15, -0.1) is 7.02 Å². The summed E-state index contributed by atoms with van der Waals surface area (Å²) in [6.45, 7) is 2.44. The fourth-order valence-electron chi connectivity index (χ4n) is 0.252. The molecule has 0 unspecified atom stereocenters. The average molecular weight is 158 g/mol. The van der Waals surface area contributed by atoms with Crippen LogP contribution in [0.15, 0.2) is 0 Å². The van der Waals surface area contributed by atoms with E-state index in [9.17, 15) is 0 Å². The molecule has 0 bridgehead atoms. The number of hydrogen-bond acceptors (Lipinski definition) is 0. The molecule has 0 aliphatic carbocycles. The lowest BCUT2D eigenvalue weighted by Crippen LogP contribution is -2.00. The van der Waals surface area contributed by atoms with E-state index in [4.69, 9.17) is 0 Å². The predicted octanol–water partition coefficient (Wildman–Crippen LogP) is -0.497. The second-order valence-electron chi connectivity index (χ2n) is 1.03. The van der Waals surface area contributed by atoms with Crippen LogP contribution < -0.4 is 0 Å². The molecule has 0 spiro atoms. The molecule has 0 nitrogen and oxygen atoms in total. The summed E-state index contributed by atoms with van der Waals surface area (Å²) in [4.78, 5) is 0. The summed E-state index contributed by atoms with van der Waals surface area (Å²) >= 11 is 0. The van der Waals surface area contributed by atoms with Crippen molar-refractivity contribution in [3.63, 3.8) is 0 Å². The van der Waals surface area contributed by atoms with Crippen LogP contribution in [0.2, 0.25) is 0 Å². The van der Waals surface area contributed by atoms with E-state index in [0.717, 1.165) is 0 Å². The Morgan fingerprint density at radius 3 is 1.83 bits per heavy atom. The molecule has 0 atom stereocenters. The van der Waals surface area contributed by atoms with Gasteiger partial charge in [0.15, 0.2) is 0 Å². The minimum absolute atomic E-state index is 0.615. The van der Waals surface area contributed by atoms with Crippen LogP contribution in [0.4, 0.5) is 0 Å². The maximum Gasteiger partial charge on any atom is 0.0483 e. The van der Waals surface area contributed by atoms with E-state index in [1.807, 2.05) is 0 Å². The van der Waals surface area contributed by atoms with Gasteiger partial charge in [-0.2, -0.15) is 0 Å². The van der Waals surface area contributed by atoms with Crippen LogP contribution in [0.25, 0.3) is 0 Å². The van der Waals surface area contributed by atoms with Crippen LogP contribution in [0.1, 0.15) is 0 Å². The molecule has 1 fully saturated rings. The molecule has 0 amide bonds. The van der Waals surface area contributed by atoms with Crippen LogP contribution in [0.3, 0.4) is 0 Å². The van der Waals surface area contributed by atoms with Gasteiger partial charge in [0, 0.05) is 34.5 Å². The molecular formula is CH3PSi4. The highest BCUT2D eigenvalue weighted by atomic mass is 31.7. The van der Waals surface area contributed by atoms with Gasteiger partial charge in [-0.1, -0.05) is 6.66 Å². The fourth-order valence-corrected chi connectivity index (χ4v) is 43.0. The van der Waals surface area contributed by atoms with Crippen LogP contribution in [-0.4, -0.2) is 41.2 Å². The topological polar surface area (TPSA) is 0 Å². The summed E-state index contributed by atoms with van der Waals surface area (Å²) in [7, 11) is 6.19. The molecule has 1 aliphatic rings. The van der Waals surface area contributed by atoms with Gasteiger partial charge in [-0.05, 0) is 0 Å². The van der Waals surface area contributed by atoms with Crippen molar-refractivity contribution < 1.29 is 0 Å². The Balaban J connectivity index is 2.18. The Morgan fingerprint density at radius 2 is 1.67 bits per heavy atom. The standard InChI is InChI=1S/CH3PSi4/c1-2-3-5-6-4-2/h1H3. The summed E-state index contributed by atoms with van der Waals surface area (Å²) in [5, 5.41) is 0. The molecule has 5 heteroatoms. The molecule has 1 aliphatic heterocycles. The zero-order valence-electron chi connectivity index (χ0n) is 3.45. The monoisotopic (exact) mass is 158 g/mol. The predicted molar refractivity (Wildman–Crippen MR) is 35.9 cm³/mol. The van der Waals surface area contributed by atoms with Crippen molar-refractivity contribution in [2.24, 2.45) is 0 Å². The average Bonchev–Trinajstić information content (AvgIpc) is 1.86. The highest BCUT2D eigenvalue weighted by Gasteiger charge is 2.10. The first-order valence-corrected chi connectivity index (χ1v) is 12.1. The van der Waals surface area contributed by atoms with E-state index in [0.29, 0.717) is 7.02 Å². The Labute approximate surface area is 48.6 Å². The second-order valence-corrected chi connectivity index (χ2v) is 19.8. The lowest BCUT2D eigenvalue weighted by Gasteiger charge is -1.92. The largest absolute Gasteiger partial charge is 0.148 e. The van der Waals surface area contributed by atoms with E-state index in [2.05, 4.69) is 6.66 Å². The molecule has 0 aromatic carbocycles. The smallest absolute Gasteiger partial charge is 0.0483 e. The zero-order chi connectivity index (χ0) is 4.41. The van der Waals surface area contributed by atoms with Gasteiger partial charge >= 0.3 is 0 Å². The van der Waals surface area contributed by atoms with Gasteiger partial charge in [0.25, 0.3) is 0 Å². The minimum atomic E-state index is 0.615. The van der Waals surface area contributed by atoms with Crippen LogP contribution in [0, 0.1) is 0 Å². The van der Waals surface area contributed by atoms with E-state index < -0.39 is 0 Å². The first-order chi connectivity index (χ1) is 2.89. The third-order valence-electron chi connectivity index (χ3n) is 0.510. The number of hydrogen-bond donors (Lipinski definition) is 0. The van der Waals surface area contributed by atoms with Gasteiger partial charge < -0.3 is 0 Å². The molecule has 0 aromatic rings. The third-order valence-corrected chi connectivity index (χ3v) is 29.2. The molecule has 8 radical (unpaired) electrons. The van der Waals surface area contributed by atoms with Crippen molar-refractivity contribution in [3.8, 4) is 0 Å². The Hall–Kier alpha value is 1.30. The van der Waals surface area contributed by atoms with E-state index in [1.54, 1.807) is 0 Å². The first-order valence-electron chi connectivity index (χ1n) is 1.64. The zero-order valence-corrected chi connectivity index (χ0v) is 8.34. The molecule has 1 rings (SSSR count). The maximum absolute atomic E-state index is 2.44. The molecular weight excluding hydrogens is 155 g/mol. The van der Waals surface area contributed by atoms with Gasteiger partial charge in [0.2, 0.25) is 0 Å². The normalized spacial score (nSPS) is 25.5. The Morgan fingerprint density at radius 1 is 1.17 bits per heavy atom. The molecule has 6 heavy (non-hydrogen) atoms. The lowest BCUT2D eigenvalue weighted by atomic mass is 12.0. The lowest BCUT2D eigenvalue weighted by molar-refractivity contribution is 2.49. The van der Waals surface area contributed by atoms with Crippen molar-refractivity contribution in [3.05, 3.63) is 0 Å². The van der Waals surface area contributed by atoms with Crippen molar-refractivity contribution in [2.75, 3.05) is 6.66 Å². The molecule has 0 aromatic heterocycles. The Kier molecular flexibility index (Phi) is 2.33. The SMILES string of the molecule is CP1[Si][Si][Si][Si]1. The van der Waals surface area contributed by atoms with Gasteiger partial charge in [-0.25, -0.2) is 0 Å². The summed E-state index contributed by atoms with van der Waals surface area (Å²) in [5.74, 6) is 0. The van der Waals surface area contributed by atoms with Crippen LogP contribution in [0.5, 0.6) is 0 Å². The fraction of sp³-hybridized carbons (Fsp3) is 1.00. The van der Waals surface area contributed by atoms with Gasteiger partial charge in [0.05, 0.1) is 0 Å². The molecule has 1 heterocycles. The highest BCUT2D eigenvalue weighted by molar-refractivity contribution is 8.22. The summed E-state index contributed by atoms with van der Waals surface area (Å²) in [5.41, 5.74) is 0. The molecule has 28 valence electrons. The van der Waals surface area contributed by atoms with E-state index in [1.165, 1.54) is 34.5 Å². The molecule has 0 saturated carbocycles.